The molecule has 0 atom stereocenters. The molecule has 0 spiro atoms. The molecule has 2 N–H and O–H groups in total. The molecule has 0 unspecified atom stereocenters. The van der Waals surface area contributed by atoms with Gasteiger partial charge in [-0.15, -0.1) is 24.0 Å². The molecule has 0 fully saturated rings. The fourth-order valence-electron chi connectivity index (χ4n) is 2.23. The zero-order chi connectivity index (χ0) is 17.2. The number of halogens is 1. The predicted molar refractivity (Wildman–Crippen MR) is 108 cm³/mol. The summed E-state index contributed by atoms with van der Waals surface area (Å²) in [6.45, 7) is 4.17. The normalized spacial score (nSPS) is 13.3. The number of carbonyl (C=O) groups is 1. The SMILES string of the molecule is CCOC(=O)CCCNC(=NC)Nc1ccc2c(c1)OCCCO2.I. The Balaban J connectivity index is 0.00000312. The zero-order valence-electron chi connectivity index (χ0n) is 14.7. The van der Waals surface area contributed by atoms with E-state index in [1.807, 2.05) is 18.2 Å². The van der Waals surface area contributed by atoms with E-state index in [-0.39, 0.29) is 29.9 Å². The molecule has 1 aliphatic rings. The summed E-state index contributed by atoms with van der Waals surface area (Å²) in [5, 5.41) is 6.37. The number of fused-ring (bicyclic) bond motifs is 1. The summed E-state index contributed by atoms with van der Waals surface area (Å²) in [4.78, 5) is 15.5. The van der Waals surface area contributed by atoms with Crippen molar-refractivity contribution in [3.8, 4) is 11.5 Å². The van der Waals surface area contributed by atoms with Gasteiger partial charge in [0, 0.05) is 38.2 Å². The average Bonchev–Trinajstić information content (AvgIpc) is 2.82. The number of hydrogen-bond donors (Lipinski definition) is 2. The van der Waals surface area contributed by atoms with Crippen LogP contribution in [0, 0.1) is 0 Å². The number of benzene rings is 1. The third-order valence-corrected chi connectivity index (χ3v) is 3.39. The van der Waals surface area contributed by atoms with Crippen LogP contribution in [-0.4, -0.2) is 45.3 Å². The Morgan fingerprint density at radius 1 is 1.28 bits per heavy atom. The molecular formula is C17H26IN3O4. The van der Waals surface area contributed by atoms with Crippen LogP contribution in [0.5, 0.6) is 11.5 Å². The first kappa shape index (κ1) is 21.3. The molecule has 140 valence electrons. The van der Waals surface area contributed by atoms with E-state index in [0.29, 0.717) is 45.2 Å². The minimum atomic E-state index is -0.176. The molecule has 0 aromatic heterocycles. The Labute approximate surface area is 165 Å². The molecule has 1 aromatic carbocycles. The van der Waals surface area contributed by atoms with E-state index in [9.17, 15) is 4.79 Å². The second kappa shape index (κ2) is 11.8. The van der Waals surface area contributed by atoms with Crippen molar-refractivity contribution in [2.45, 2.75) is 26.2 Å². The summed E-state index contributed by atoms with van der Waals surface area (Å²) in [5.74, 6) is 1.95. The molecule has 0 radical (unpaired) electrons. The number of nitrogens with one attached hydrogen (secondary N) is 2. The molecule has 8 heteroatoms. The largest absolute Gasteiger partial charge is 0.490 e. The highest BCUT2D eigenvalue weighted by Crippen LogP contribution is 2.32. The van der Waals surface area contributed by atoms with Gasteiger partial charge >= 0.3 is 5.97 Å². The van der Waals surface area contributed by atoms with Crippen molar-refractivity contribution in [3.63, 3.8) is 0 Å². The van der Waals surface area contributed by atoms with Gasteiger partial charge in [0.1, 0.15) is 0 Å². The van der Waals surface area contributed by atoms with E-state index in [2.05, 4.69) is 15.6 Å². The lowest BCUT2D eigenvalue weighted by Gasteiger charge is -2.14. The molecule has 0 aliphatic carbocycles. The smallest absolute Gasteiger partial charge is 0.305 e. The highest BCUT2D eigenvalue weighted by molar-refractivity contribution is 14.0. The molecular weight excluding hydrogens is 437 g/mol. The number of ether oxygens (including phenoxy) is 3. The summed E-state index contributed by atoms with van der Waals surface area (Å²) in [6, 6.07) is 5.70. The van der Waals surface area contributed by atoms with Crippen LogP contribution in [0.1, 0.15) is 26.2 Å². The van der Waals surface area contributed by atoms with Crippen LogP contribution >= 0.6 is 24.0 Å². The lowest BCUT2D eigenvalue weighted by Crippen LogP contribution is -2.31. The maximum Gasteiger partial charge on any atom is 0.305 e. The number of anilines is 1. The minimum Gasteiger partial charge on any atom is -0.490 e. The highest BCUT2D eigenvalue weighted by Gasteiger charge is 2.11. The van der Waals surface area contributed by atoms with Crippen LogP contribution < -0.4 is 20.1 Å². The Hall–Kier alpha value is -1.71. The molecule has 1 aromatic rings. The van der Waals surface area contributed by atoms with Gasteiger partial charge in [0.25, 0.3) is 0 Å². The molecule has 25 heavy (non-hydrogen) atoms. The van der Waals surface area contributed by atoms with Crippen LogP contribution in [0.3, 0.4) is 0 Å². The lowest BCUT2D eigenvalue weighted by molar-refractivity contribution is -0.143. The summed E-state index contributed by atoms with van der Waals surface area (Å²) in [5.41, 5.74) is 0.859. The Morgan fingerprint density at radius 3 is 2.76 bits per heavy atom. The quantitative estimate of drug-likeness (QED) is 0.222. The van der Waals surface area contributed by atoms with Crippen LogP contribution in [-0.2, 0) is 9.53 Å². The van der Waals surface area contributed by atoms with Crippen LogP contribution in [0.4, 0.5) is 5.69 Å². The summed E-state index contributed by atoms with van der Waals surface area (Å²) >= 11 is 0. The topological polar surface area (TPSA) is 81.2 Å². The van der Waals surface area contributed by atoms with Crippen molar-refractivity contribution in [2.75, 3.05) is 38.7 Å². The van der Waals surface area contributed by atoms with Gasteiger partial charge in [-0.05, 0) is 25.5 Å². The van der Waals surface area contributed by atoms with E-state index in [4.69, 9.17) is 14.2 Å². The first-order valence-corrected chi connectivity index (χ1v) is 8.26. The average molecular weight is 463 g/mol. The number of nitrogens with zero attached hydrogens (tertiary/aromatic N) is 1. The van der Waals surface area contributed by atoms with Crippen molar-refractivity contribution in [3.05, 3.63) is 18.2 Å². The Morgan fingerprint density at radius 2 is 2.04 bits per heavy atom. The number of esters is 1. The molecule has 1 aliphatic heterocycles. The van der Waals surface area contributed by atoms with Crippen LogP contribution in [0.25, 0.3) is 0 Å². The predicted octanol–water partition coefficient (Wildman–Crippen LogP) is 2.80. The number of hydrogen-bond acceptors (Lipinski definition) is 5. The van der Waals surface area contributed by atoms with Crippen molar-refractivity contribution < 1.29 is 19.0 Å². The van der Waals surface area contributed by atoms with E-state index < -0.39 is 0 Å². The number of aliphatic imine (C=N–C) groups is 1. The standard InChI is InChI=1S/C17H25N3O4.HI/c1-3-22-16(21)6-4-9-19-17(18-2)20-13-7-8-14-15(12-13)24-11-5-10-23-14;/h7-8,12H,3-6,9-11H2,1-2H3,(H2,18,19,20);1H. The van der Waals surface area contributed by atoms with Crippen LogP contribution in [0.15, 0.2) is 23.2 Å². The third-order valence-electron chi connectivity index (χ3n) is 3.39. The molecule has 1 heterocycles. The first-order valence-electron chi connectivity index (χ1n) is 8.26. The Kier molecular flexibility index (Phi) is 10.0. The highest BCUT2D eigenvalue weighted by atomic mass is 127. The van der Waals surface area contributed by atoms with Gasteiger partial charge in [-0.3, -0.25) is 9.79 Å². The minimum absolute atomic E-state index is 0. The number of rotatable bonds is 6. The molecule has 7 nitrogen and oxygen atoms in total. The van der Waals surface area contributed by atoms with E-state index >= 15 is 0 Å². The van der Waals surface area contributed by atoms with E-state index in [0.717, 1.165) is 23.6 Å². The second-order valence-corrected chi connectivity index (χ2v) is 5.24. The van der Waals surface area contributed by atoms with E-state index in [1.54, 1.807) is 14.0 Å². The molecule has 0 amide bonds. The van der Waals surface area contributed by atoms with Gasteiger partial charge in [-0.1, -0.05) is 0 Å². The van der Waals surface area contributed by atoms with Gasteiger partial charge < -0.3 is 24.8 Å². The maximum atomic E-state index is 11.3. The van der Waals surface area contributed by atoms with Gasteiger partial charge in [-0.2, -0.15) is 0 Å². The van der Waals surface area contributed by atoms with Gasteiger partial charge in [0.2, 0.25) is 0 Å². The zero-order valence-corrected chi connectivity index (χ0v) is 17.0. The van der Waals surface area contributed by atoms with Crippen molar-refractivity contribution >= 4 is 41.6 Å². The monoisotopic (exact) mass is 463 g/mol. The third kappa shape index (κ3) is 7.37. The lowest BCUT2D eigenvalue weighted by atomic mass is 10.2. The van der Waals surface area contributed by atoms with Crippen molar-refractivity contribution in [1.29, 1.82) is 0 Å². The fourth-order valence-corrected chi connectivity index (χ4v) is 2.23. The summed E-state index contributed by atoms with van der Waals surface area (Å²) in [7, 11) is 1.70. The van der Waals surface area contributed by atoms with Crippen molar-refractivity contribution in [1.82, 2.24) is 5.32 Å². The maximum absolute atomic E-state index is 11.3. The van der Waals surface area contributed by atoms with E-state index in [1.165, 1.54) is 0 Å². The van der Waals surface area contributed by atoms with Gasteiger partial charge in [0.15, 0.2) is 17.5 Å². The molecule has 2 rings (SSSR count). The first-order chi connectivity index (χ1) is 11.7. The Bertz CT molecular complexity index is 581. The fraction of sp³-hybridized carbons (Fsp3) is 0.529. The van der Waals surface area contributed by atoms with Crippen molar-refractivity contribution in [2.24, 2.45) is 4.99 Å². The molecule has 0 bridgehead atoms. The van der Waals surface area contributed by atoms with Gasteiger partial charge in [-0.25, -0.2) is 0 Å². The molecule has 0 saturated carbocycles. The second-order valence-electron chi connectivity index (χ2n) is 5.24. The number of guanidine groups is 1. The summed E-state index contributed by atoms with van der Waals surface area (Å²) in [6.07, 6.45) is 1.95. The van der Waals surface area contributed by atoms with Crippen LogP contribution in [0.2, 0.25) is 0 Å². The summed E-state index contributed by atoms with van der Waals surface area (Å²) < 4.78 is 16.2. The molecule has 0 saturated heterocycles. The van der Waals surface area contributed by atoms with Gasteiger partial charge in [0.05, 0.1) is 19.8 Å². The number of carbonyl (C=O) groups excluding carboxylic acids is 1.